The first-order valence-corrected chi connectivity index (χ1v) is 21.8. The number of pyridine rings is 2. The van der Waals surface area contributed by atoms with Crippen LogP contribution in [0.3, 0.4) is 0 Å². The minimum absolute atomic E-state index is 0.0755. The number of benzene rings is 2. The predicted molar refractivity (Wildman–Crippen MR) is 254 cm³/mol. The third-order valence-corrected chi connectivity index (χ3v) is 10.9. The first-order valence-electron chi connectivity index (χ1n) is 20.7. The number of fused-ring (bicyclic) bond motifs is 2. The average molecular weight is 963 g/mol. The Morgan fingerprint density at radius 1 is 0.797 bits per heavy atom. The van der Waals surface area contributed by atoms with Crippen molar-refractivity contribution in [2.45, 2.75) is 25.4 Å². The molecule has 0 saturated carbocycles. The van der Waals surface area contributed by atoms with E-state index in [0.717, 1.165) is 54.2 Å². The van der Waals surface area contributed by atoms with Crippen molar-refractivity contribution in [3.63, 3.8) is 0 Å². The van der Waals surface area contributed by atoms with Gasteiger partial charge in [-0.2, -0.15) is 5.10 Å². The number of halogens is 1. The van der Waals surface area contributed by atoms with E-state index in [4.69, 9.17) is 16.5 Å². The molecule has 0 bridgehead atoms. The van der Waals surface area contributed by atoms with Gasteiger partial charge in [-0.05, 0) is 108 Å². The molecule has 1 atom stereocenters. The van der Waals surface area contributed by atoms with Crippen LogP contribution in [0.15, 0.2) is 150 Å². The van der Waals surface area contributed by atoms with E-state index in [0.29, 0.717) is 22.5 Å². The number of aromatic carboxylic acids is 1. The summed E-state index contributed by atoms with van der Waals surface area (Å²) < 4.78 is 4.62. The summed E-state index contributed by atoms with van der Waals surface area (Å²) in [6, 6.07) is 23.6. The number of nitrogens with zero attached hydrogens (tertiary/aromatic N) is 9. The van der Waals surface area contributed by atoms with Gasteiger partial charge >= 0.3 is 12.1 Å². The number of carboxylic acid groups (broad SMARTS) is 1. The first kappa shape index (κ1) is 44.9. The molecule has 8 heterocycles. The number of carboxylic acids is 1. The molecule has 6 aromatic rings. The predicted octanol–water partition coefficient (Wildman–Crippen LogP) is 6.71. The molecule has 0 aliphatic carbocycles. The van der Waals surface area contributed by atoms with Gasteiger partial charge in [0, 0.05) is 89.1 Å². The molecule has 1 unspecified atom stereocenters. The van der Waals surface area contributed by atoms with E-state index in [1.165, 1.54) is 35.9 Å². The van der Waals surface area contributed by atoms with E-state index in [1.54, 1.807) is 82.9 Å². The average Bonchev–Trinajstić information content (AvgIpc) is 3.98. The van der Waals surface area contributed by atoms with Crippen LogP contribution in [-0.4, -0.2) is 102 Å². The Bertz CT molecular complexity index is 2770. The minimum Gasteiger partial charge on any atom is -0.478 e. The largest absolute Gasteiger partial charge is 0.478 e. The van der Waals surface area contributed by atoms with Crippen LogP contribution in [0.4, 0.5) is 0 Å². The monoisotopic (exact) mass is 962 g/mol. The van der Waals surface area contributed by atoms with Crippen LogP contribution < -0.4 is 10.6 Å². The fraction of sp³-hybridized carbons (Fsp3) is 0.204. The number of rotatable bonds is 4. The van der Waals surface area contributed by atoms with Crippen molar-refractivity contribution in [2.75, 3.05) is 39.3 Å². The molecule has 4 aliphatic rings. The third kappa shape index (κ3) is 12.3. The molecular weight excluding hydrogens is 918 g/mol. The standard InChI is InChI=1S/C24H21N6O.C15H9N3O2.C5H4IN.C5H11N/c31-24(29-15-12-26-13-16-29)20-5-3-19(4-6-20)22-9-14-30-23(28-22)21(17-27-30)2-1-18-7-10-25-11-8-18;1-2-10-9-16-18-8-7-13(17-14(10)18)11-3-5-12(6-4-11)15(19)20;6-5-1-3-7-4-2-5;1-2-4-6-5-3-1/h3-11,14,17,23,26H,12-13,15-16H2;1,3-9H,(H,19,20);1-4H;6H,1-5H2/q+1;;;. The quantitative estimate of drug-likeness (QED) is 0.0991. The number of azo groups is 2. The number of piperazine rings is 1. The maximum atomic E-state index is 12.7. The normalized spacial score (nSPS) is 15.9. The summed E-state index contributed by atoms with van der Waals surface area (Å²) in [5.41, 5.74) is 7.24. The summed E-state index contributed by atoms with van der Waals surface area (Å²) in [5.74, 6) is 7.97. The molecule has 0 radical (unpaired) electrons. The number of carbonyl (C=O) groups excluding carboxylic acids is 1. The van der Waals surface area contributed by atoms with E-state index in [9.17, 15) is 9.59 Å². The van der Waals surface area contributed by atoms with Gasteiger partial charge in [-0.3, -0.25) is 14.8 Å². The zero-order chi connectivity index (χ0) is 44.5. The highest BCUT2D eigenvalue weighted by atomic mass is 127. The molecule has 0 spiro atoms. The molecule has 15 heteroatoms. The van der Waals surface area contributed by atoms with Gasteiger partial charge in [0.1, 0.15) is 11.8 Å². The number of aliphatic imine (C=N–C) groups is 1. The van der Waals surface area contributed by atoms with Gasteiger partial charge in [0.05, 0.1) is 28.7 Å². The van der Waals surface area contributed by atoms with Gasteiger partial charge in [-0.15, -0.1) is 6.42 Å². The molecule has 14 nitrogen and oxygen atoms in total. The van der Waals surface area contributed by atoms with Crippen molar-refractivity contribution in [3.05, 3.63) is 171 Å². The summed E-state index contributed by atoms with van der Waals surface area (Å²) in [5, 5.41) is 23.9. The second-order valence-electron chi connectivity index (χ2n) is 14.5. The fourth-order valence-electron chi connectivity index (χ4n) is 6.70. The van der Waals surface area contributed by atoms with Gasteiger partial charge in [-0.1, -0.05) is 53.1 Å². The van der Waals surface area contributed by atoms with Crippen LogP contribution in [0.25, 0.3) is 16.9 Å². The van der Waals surface area contributed by atoms with Gasteiger partial charge in [0.2, 0.25) is 6.20 Å². The molecule has 2 aromatic carbocycles. The number of carbonyl (C=O) groups is 2. The van der Waals surface area contributed by atoms with Crippen molar-refractivity contribution in [1.29, 1.82) is 0 Å². The van der Waals surface area contributed by atoms with Gasteiger partial charge in [0.25, 0.3) is 5.91 Å². The Kier molecular flexibility index (Phi) is 16.0. The second-order valence-corrected chi connectivity index (χ2v) is 15.8. The molecule has 320 valence electrons. The maximum absolute atomic E-state index is 12.7. The zero-order valence-electron chi connectivity index (χ0n) is 34.9. The number of amides is 1. The number of allylic oxidation sites excluding steroid dienone is 1. The Labute approximate surface area is 385 Å². The van der Waals surface area contributed by atoms with Crippen molar-refractivity contribution in [3.8, 4) is 35.4 Å². The van der Waals surface area contributed by atoms with E-state index in [2.05, 4.69) is 76.2 Å². The summed E-state index contributed by atoms with van der Waals surface area (Å²) in [4.78, 5) is 42.5. The molecule has 3 N–H and O–H groups in total. The van der Waals surface area contributed by atoms with Crippen LogP contribution in [0, 0.1) is 27.8 Å². The highest BCUT2D eigenvalue weighted by molar-refractivity contribution is 14.1. The summed E-state index contributed by atoms with van der Waals surface area (Å²) >= 11 is 2.24. The van der Waals surface area contributed by atoms with E-state index in [1.807, 2.05) is 65.7 Å². The number of terminal acetylenes is 1. The smallest absolute Gasteiger partial charge is 0.335 e. The number of hydrogen-bond acceptors (Lipinski definition) is 10. The van der Waals surface area contributed by atoms with Crippen LogP contribution >= 0.6 is 22.6 Å². The van der Waals surface area contributed by atoms with Crippen LogP contribution in [0.2, 0.25) is 0 Å². The summed E-state index contributed by atoms with van der Waals surface area (Å²) in [6.07, 6.45) is 25.3. The molecule has 64 heavy (non-hydrogen) atoms. The highest BCUT2D eigenvalue weighted by Gasteiger charge is 2.33. The van der Waals surface area contributed by atoms with Gasteiger partial charge < -0.3 is 20.6 Å². The van der Waals surface area contributed by atoms with Crippen molar-refractivity contribution in [2.24, 2.45) is 10.1 Å². The molecule has 1 amide bonds. The van der Waals surface area contributed by atoms with E-state index >= 15 is 0 Å². The third-order valence-electron chi connectivity index (χ3n) is 10.2. The molecule has 2 saturated heterocycles. The van der Waals surface area contributed by atoms with Crippen LogP contribution in [-0.2, 0) is 0 Å². The molecular formula is C49H45IN11O3+. The fourth-order valence-corrected chi connectivity index (χ4v) is 7.03. The summed E-state index contributed by atoms with van der Waals surface area (Å²) in [7, 11) is 0. The minimum atomic E-state index is -0.953. The van der Waals surface area contributed by atoms with Gasteiger partial charge in [0.15, 0.2) is 5.65 Å². The SMILES string of the molecule is C#Cc1cnn2ccc(-c3ccc(C(=O)O)cc3)nc12.C1CCNCC1.Ic1ccncc1.O=C(c1ccc(C2=NC3C(C#Cc4ccncc4)=CN=[N+]3C=C2)cc1)N1CCNCC1. The Morgan fingerprint density at radius 3 is 2.06 bits per heavy atom. The van der Waals surface area contributed by atoms with Gasteiger partial charge in [-0.25, -0.2) is 19.3 Å². The lowest BCUT2D eigenvalue weighted by Gasteiger charge is -2.27. The maximum Gasteiger partial charge on any atom is 0.335 e. The molecule has 4 aliphatic heterocycles. The van der Waals surface area contributed by atoms with Crippen LogP contribution in [0.5, 0.6) is 0 Å². The van der Waals surface area contributed by atoms with Crippen LogP contribution in [0.1, 0.15) is 56.7 Å². The number of nitrogens with one attached hydrogen (secondary N) is 2. The molecule has 10 rings (SSSR count). The number of aromatic nitrogens is 5. The van der Waals surface area contributed by atoms with Crippen molar-refractivity contribution in [1.82, 2.24) is 40.1 Å². The Hall–Kier alpha value is -7.18. The lowest BCUT2D eigenvalue weighted by molar-refractivity contribution is -0.546. The second kappa shape index (κ2) is 22.8. The Balaban J connectivity index is 0.000000156. The lowest BCUT2D eigenvalue weighted by Crippen LogP contribution is -2.46. The first-order chi connectivity index (χ1) is 31.4. The van der Waals surface area contributed by atoms with Crippen molar-refractivity contribution < 1.29 is 19.4 Å². The number of piperidine rings is 1. The number of hydrogen-bond donors (Lipinski definition) is 3. The molecule has 2 fully saturated rings. The van der Waals surface area contributed by atoms with Crippen molar-refractivity contribution >= 4 is 45.8 Å². The lowest BCUT2D eigenvalue weighted by atomic mass is 10.0. The molecule has 4 aromatic heterocycles. The zero-order valence-corrected chi connectivity index (χ0v) is 37.0. The Morgan fingerprint density at radius 2 is 1.45 bits per heavy atom. The topological polar surface area (TPSA) is 165 Å². The van der Waals surface area contributed by atoms with E-state index < -0.39 is 5.97 Å². The highest BCUT2D eigenvalue weighted by Crippen LogP contribution is 2.23. The van der Waals surface area contributed by atoms with E-state index in [-0.39, 0.29) is 17.6 Å². The summed E-state index contributed by atoms with van der Waals surface area (Å²) in [6.45, 7) is 5.67.